The molecule has 2 heterocycles. The Balaban J connectivity index is 2.06. The number of aromatic amines is 1. The summed E-state index contributed by atoms with van der Waals surface area (Å²) in [5.74, 6) is 0.532. The number of ketones is 1. The molecule has 1 aliphatic heterocycles. The molecule has 0 aliphatic carbocycles. The Bertz CT molecular complexity index is 383. The first kappa shape index (κ1) is 11.3. The van der Waals surface area contributed by atoms with Crippen LogP contribution < -0.4 is 0 Å². The van der Waals surface area contributed by atoms with E-state index < -0.39 is 0 Å². The molecule has 16 heavy (non-hydrogen) atoms. The SMILES string of the molecule is CC(=O)c1cc(C2CCN(C(C)C)C2)[nH]n1. The molecule has 0 spiro atoms. The minimum Gasteiger partial charge on any atom is -0.300 e. The Labute approximate surface area is 96.0 Å². The predicted octanol–water partition coefficient (Wildman–Crippen LogP) is 1.81. The lowest BCUT2D eigenvalue weighted by Gasteiger charge is -2.19. The molecule has 0 bridgehead atoms. The molecule has 1 unspecified atom stereocenters. The van der Waals surface area contributed by atoms with Crippen LogP contribution in [0, 0.1) is 0 Å². The van der Waals surface area contributed by atoms with Crippen molar-refractivity contribution in [2.24, 2.45) is 0 Å². The molecule has 1 saturated heterocycles. The molecule has 0 aromatic carbocycles. The molecule has 1 aromatic heterocycles. The molecule has 0 radical (unpaired) electrons. The second-order valence-electron chi connectivity index (χ2n) is 4.84. The highest BCUT2D eigenvalue weighted by Crippen LogP contribution is 2.27. The minimum absolute atomic E-state index is 0.0289. The molecular formula is C12H19N3O. The van der Waals surface area contributed by atoms with Crippen LogP contribution >= 0.6 is 0 Å². The third kappa shape index (κ3) is 2.16. The van der Waals surface area contributed by atoms with Crippen LogP contribution in [-0.4, -0.2) is 40.0 Å². The van der Waals surface area contributed by atoms with Crippen LogP contribution in [0.2, 0.25) is 0 Å². The lowest BCUT2D eigenvalue weighted by Crippen LogP contribution is -2.27. The Kier molecular flexibility index (Phi) is 3.10. The third-order valence-corrected chi connectivity index (χ3v) is 3.35. The van der Waals surface area contributed by atoms with Crippen molar-refractivity contribution < 1.29 is 4.79 Å². The summed E-state index contributed by atoms with van der Waals surface area (Å²) in [5, 5.41) is 7.03. The van der Waals surface area contributed by atoms with Gasteiger partial charge < -0.3 is 4.90 Å². The van der Waals surface area contributed by atoms with Crippen molar-refractivity contribution in [2.75, 3.05) is 13.1 Å². The Hall–Kier alpha value is -1.16. The summed E-state index contributed by atoms with van der Waals surface area (Å²) in [4.78, 5) is 13.6. The molecule has 1 aromatic rings. The van der Waals surface area contributed by atoms with Gasteiger partial charge >= 0.3 is 0 Å². The van der Waals surface area contributed by atoms with Crippen LogP contribution in [0.1, 0.15) is 49.3 Å². The molecule has 4 heteroatoms. The van der Waals surface area contributed by atoms with E-state index in [2.05, 4.69) is 28.9 Å². The highest BCUT2D eigenvalue weighted by Gasteiger charge is 2.26. The second kappa shape index (κ2) is 4.37. The number of hydrogen-bond acceptors (Lipinski definition) is 3. The third-order valence-electron chi connectivity index (χ3n) is 3.35. The minimum atomic E-state index is 0.0289. The topological polar surface area (TPSA) is 49.0 Å². The highest BCUT2D eigenvalue weighted by atomic mass is 16.1. The summed E-state index contributed by atoms with van der Waals surface area (Å²) in [6.45, 7) is 8.19. The molecule has 88 valence electrons. The molecule has 1 fully saturated rings. The van der Waals surface area contributed by atoms with Gasteiger partial charge in [0.25, 0.3) is 0 Å². The van der Waals surface area contributed by atoms with Crippen LogP contribution in [-0.2, 0) is 0 Å². The lowest BCUT2D eigenvalue weighted by atomic mass is 10.0. The molecule has 1 N–H and O–H groups in total. The van der Waals surface area contributed by atoms with Crippen molar-refractivity contribution in [1.29, 1.82) is 0 Å². The Morgan fingerprint density at radius 1 is 1.62 bits per heavy atom. The summed E-state index contributed by atoms with van der Waals surface area (Å²) in [7, 11) is 0. The number of likely N-dealkylation sites (tertiary alicyclic amines) is 1. The van der Waals surface area contributed by atoms with Crippen molar-refractivity contribution in [3.63, 3.8) is 0 Å². The summed E-state index contributed by atoms with van der Waals surface area (Å²) >= 11 is 0. The van der Waals surface area contributed by atoms with Crippen LogP contribution in [0.5, 0.6) is 0 Å². The number of carbonyl (C=O) groups excluding carboxylic acids is 1. The normalized spacial score (nSPS) is 21.9. The van der Waals surface area contributed by atoms with Crippen molar-refractivity contribution in [1.82, 2.24) is 15.1 Å². The number of nitrogens with zero attached hydrogens (tertiary/aromatic N) is 2. The Morgan fingerprint density at radius 2 is 2.38 bits per heavy atom. The molecule has 2 rings (SSSR count). The van der Waals surface area contributed by atoms with E-state index in [0.29, 0.717) is 17.7 Å². The summed E-state index contributed by atoms with van der Waals surface area (Å²) < 4.78 is 0. The van der Waals surface area contributed by atoms with Crippen LogP contribution in [0.25, 0.3) is 0 Å². The van der Waals surface area contributed by atoms with E-state index in [0.717, 1.165) is 25.2 Å². The van der Waals surface area contributed by atoms with E-state index in [4.69, 9.17) is 0 Å². The average Bonchev–Trinajstić information content (AvgIpc) is 2.86. The zero-order valence-electron chi connectivity index (χ0n) is 10.2. The maximum atomic E-state index is 11.2. The number of Topliss-reactive ketones (excluding diaryl/α,β-unsaturated/α-hetero) is 1. The van der Waals surface area contributed by atoms with Gasteiger partial charge in [0.1, 0.15) is 5.69 Å². The highest BCUT2D eigenvalue weighted by molar-refractivity contribution is 5.92. The molecule has 1 aliphatic rings. The van der Waals surface area contributed by atoms with Gasteiger partial charge in [-0.15, -0.1) is 0 Å². The summed E-state index contributed by atoms with van der Waals surface area (Å²) in [5.41, 5.74) is 1.66. The first-order valence-electron chi connectivity index (χ1n) is 5.88. The van der Waals surface area contributed by atoms with Gasteiger partial charge in [-0.2, -0.15) is 5.10 Å². The van der Waals surface area contributed by atoms with Crippen LogP contribution in [0.4, 0.5) is 0 Å². The molecule has 4 nitrogen and oxygen atoms in total. The standard InChI is InChI=1S/C12H19N3O/c1-8(2)15-5-4-10(7-15)12-6-11(9(3)16)13-14-12/h6,8,10H,4-5,7H2,1-3H3,(H,13,14). The van der Waals surface area contributed by atoms with E-state index in [1.165, 1.54) is 0 Å². The zero-order valence-corrected chi connectivity index (χ0v) is 10.2. The first-order chi connectivity index (χ1) is 7.58. The number of aromatic nitrogens is 2. The number of carbonyl (C=O) groups is 1. The fourth-order valence-electron chi connectivity index (χ4n) is 2.24. The van der Waals surface area contributed by atoms with E-state index >= 15 is 0 Å². The second-order valence-corrected chi connectivity index (χ2v) is 4.84. The molecule has 0 amide bonds. The van der Waals surface area contributed by atoms with Gasteiger partial charge in [-0.3, -0.25) is 9.89 Å². The lowest BCUT2D eigenvalue weighted by molar-refractivity contribution is 0.101. The van der Waals surface area contributed by atoms with Crippen molar-refractivity contribution in [2.45, 2.75) is 39.2 Å². The number of rotatable bonds is 3. The monoisotopic (exact) mass is 221 g/mol. The summed E-state index contributed by atoms with van der Waals surface area (Å²) in [6, 6.07) is 2.50. The van der Waals surface area contributed by atoms with Crippen molar-refractivity contribution in [3.05, 3.63) is 17.5 Å². The zero-order chi connectivity index (χ0) is 11.7. The number of hydrogen-bond donors (Lipinski definition) is 1. The van der Waals surface area contributed by atoms with Crippen molar-refractivity contribution >= 4 is 5.78 Å². The number of H-pyrrole nitrogens is 1. The van der Waals surface area contributed by atoms with E-state index in [-0.39, 0.29) is 5.78 Å². The van der Waals surface area contributed by atoms with Gasteiger partial charge in [0.15, 0.2) is 5.78 Å². The fraction of sp³-hybridized carbons (Fsp3) is 0.667. The quantitative estimate of drug-likeness (QED) is 0.792. The molecular weight excluding hydrogens is 202 g/mol. The Morgan fingerprint density at radius 3 is 2.88 bits per heavy atom. The van der Waals surface area contributed by atoms with Gasteiger partial charge in [0.05, 0.1) is 0 Å². The van der Waals surface area contributed by atoms with E-state index in [9.17, 15) is 4.79 Å². The first-order valence-corrected chi connectivity index (χ1v) is 5.88. The van der Waals surface area contributed by atoms with Gasteiger partial charge in [-0.05, 0) is 32.9 Å². The fourth-order valence-corrected chi connectivity index (χ4v) is 2.24. The number of nitrogens with one attached hydrogen (secondary N) is 1. The largest absolute Gasteiger partial charge is 0.300 e. The van der Waals surface area contributed by atoms with Crippen LogP contribution in [0.15, 0.2) is 6.07 Å². The average molecular weight is 221 g/mol. The van der Waals surface area contributed by atoms with E-state index in [1.54, 1.807) is 6.92 Å². The maximum absolute atomic E-state index is 11.2. The smallest absolute Gasteiger partial charge is 0.179 e. The van der Waals surface area contributed by atoms with Crippen molar-refractivity contribution in [3.8, 4) is 0 Å². The van der Waals surface area contributed by atoms with Crippen LogP contribution in [0.3, 0.4) is 0 Å². The van der Waals surface area contributed by atoms with Gasteiger partial charge in [-0.1, -0.05) is 0 Å². The molecule has 0 saturated carbocycles. The van der Waals surface area contributed by atoms with Gasteiger partial charge in [-0.25, -0.2) is 0 Å². The summed E-state index contributed by atoms with van der Waals surface area (Å²) in [6.07, 6.45) is 1.15. The van der Waals surface area contributed by atoms with Gasteiger partial charge in [0.2, 0.25) is 0 Å². The molecule has 1 atom stereocenters. The van der Waals surface area contributed by atoms with Gasteiger partial charge in [0, 0.05) is 31.1 Å². The van der Waals surface area contributed by atoms with E-state index in [1.807, 2.05) is 6.07 Å². The predicted molar refractivity (Wildman–Crippen MR) is 62.7 cm³/mol. The maximum Gasteiger partial charge on any atom is 0.179 e.